The highest BCUT2D eigenvalue weighted by molar-refractivity contribution is 6.30. The maximum absolute atomic E-state index is 13.7. The van der Waals surface area contributed by atoms with Crippen molar-refractivity contribution in [3.05, 3.63) is 106 Å². The summed E-state index contributed by atoms with van der Waals surface area (Å²) >= 11 is 6.32. The molecule has 2 aromatic carbocycles. The lowest BCUT2D eigenvalue weighted by molar-refractivity contribution is 0.223. The summed E-state index contributed by atoms with van der Waals surface area (Å²) in [7, 11) is 0. The predicted octanol–water partition coefficient (Wildman–Crippen LogP) is 5.03. The average molecular weight is 432 g/mol. The lowest BCUT2D eigenvalue weighted by atomic mass is 9.85. The zero-order valence-corrected chi connectivity index (χ0v) is 16.8. The van der Waals surface area contributed by atoms with Gasteiger partial charge in [0.25, 0.3) is 0 Å². The number of anilines is 1. The molecule has 6 rings (SSSR count). The third-order valence-electron chi connectivity index (χ3n) is 5.57. The van der Waals surface area contributed by atoms with E-state index in [1.165, 1.54) is 18.5 Å². The lowest BCUT2D eigenvalue weighted by Gasteiger charge is -2.39. The summed E-state index contributed by atoms with van der Waals surface area (Å²) in [5.74, 6) is 1.01. The van der Waals surface area contributed by atoms with Crippen molar-refractivity contribution < 1.29 is 9.13 Å². The second-order valence-electron chi connectivity index (χ2n) is 7.36. The van der Waals surface area contributed by atoms with Crippen molar-refractivity contribution >= 4 is 23.2 Å². The first-order valence-electron chi connectivity index (χ1n) is 9.71. The second-order valence-corrected chi connectivity index (χ2v) is 7.79. The van der Waals surface area contributed by atoms with Crippen molar-refractivity contribution in [1.29, 1.82) is 0 Å². The van der Waals surface area contributed by atoms with Crippen molar-refractivity contribution in [2.75, 3.05) is 5.32 Å². The second kappa shape index (κ2) is 6.92. The molecule has 1 N–H and O–H groups in total. The van der Waals surface area contributed by atoms with Crippen LogP contribution in [0.4, 0.5) is 10.3 Å². The summed E-state index contributed by atoms with van der Waals surface area (Å²) in [5, 5.41) is 8.47. The van der Waals surface area contributed by atoms with E-state index in [1.54, 1.807) is 35.3 Å². The molecule has 152 valence electrons. The Morgan fingerprint density at radius 2 is 1.81 bits per heavy atom. The zero-order chi connectivity index (χ0) is 20.9. The number of halogens is 2. The Kier molecular flexibility index (Phi) is 4.04. The molecule has 0 bridgehead atoms. The van der Waals surface area contributed by atoms with Crippen LogP contribution in [0.3, 0.4) is 0 Å². The minimum atomic E-state index is -0.411. The summed E-state index contributed by atoms with van der Waals surface area (Å²) in [6, 6.07) is 15.5. The molecule has 4 heterocycles. The number of nitrogens with zero attached hydrogens (tertiary/aromatic N) is 4. The normalized spacial score (nSPS) is 19.0. The molecule has 0 saturated heterocycles. The molecular formula is C23H15ClFN5O. The fraction of sp³-hybridized carbons (Fsp3) is 0.0870. The number of hydrogen-bond donors (Lipinski definition) is 1. The van der Waals surface area contributed by atoms with Crippen LogP contribution in [-0.2, 0) is 0 Å². The number of nitrogens with one attached hydrogen (secondary N) is 1. The van der Waals surface area contributed by atoms with Gasteiger partial charge in [0.15, 0.2) is 0 Å². The van der Waals surface area contributed by atoms with Crippen molar-refractivity contribution in [3.63, 3.8) is 0 Å². The summed E-state index contributed by atoms with van der Waals surface area (Å²) in [5.41, 5.74) is 4.45. The van der Waals surface area contributed by atoms with Gasteiger partial charge in [-0.15, -0.1) is 0 Å². The van der Waals surface area contributed by atoms with Crippen molar-refractivity contribution in [2.24, 2.45) is 0 Å². The number of aromatic nitrogens is 4. The van der Waals surface area contributed by atoms with Gasteiger partial charge in [0, 0.05) is 28.6 Å². The third-order valence-corrected chi connectivity index (χ3v) is 5.81. The van der Waals surface area contributed by atoms with Crippen LogP contribution >= 0.6 is 11.6 Å². The summed E-state index contributed by atoms with van der Waals surface area (Å²) in [6.07, 6.45) is 4.56. The maximum atomic E-state index is 13.7. The van der Waals surface area contributed by atoms with Crippen LogP contribution in [0.5, 0.6) is 5.75 Å². The molecule has 8 heteroatoms. The topological polar surface area (TPSA) is 64.9 Å². The summed E-state index contributed by atoms with van der Waals surface area (Å²) in [6.45, 7) is 0. The Morgan fingerprint density at radius 3 is 2.61 bits per heavy atom. The SMILES string of the molecule is Fc1ccc(C2C3=C(Nc4ncnn42)c2cc(Cl)ccc2OC3c2ccncc2)cc1. The molecule has 0 saturated carbocycles. The van der Waals surface area contributed by atoms with E-state index in [0.29, 0.717) is 16.7 Å². The van der Waals surface area contributed by atoms with E-state index in [4.69, 9.17) is 16.3 Å². The van der Waals surface area contributed by atoms with Crippen LogP contribution in [0, 0.1) is 5.82 Å². The summed E-state index contributed by atoms with van der Waals surface area (Å²) < 4.78 is 22.0. The van der Waals surface area contributed by atoms with E-state index >= 15 is 0 Å². The van der Waals surface area contributed by atoms with Crippen LogP contribution in [0.1, 0.15) is 28.8 Å². The fourth-order valence-corrected chi connectivity index (χ4v) is 4.39. The van der Waals surface area contributed by atoms with Crippen LogP contribution in [0.2, 0.25) is 5.02 Å². The van der Waals surface area contributed by atoms with Crippen molar-refractivity contribution in [3.8, 4) is 5.75 Å². The Bertz CT molecular complexity index is 1320. The molecule has 6 nitrogen and oxygen atoms in total. The van der Waals surface area contributed by atoms with E-state index in [0.717, 1.165) is 28.0 Å². The van der Waals surface area contributed by atoms with Crippen LogP contribution in [0.15, 0.2) is 78.9 Å². The number of ether oxygens (including phenoxy) is 1. The molecule has 0 aliphatic carbocycles. The highest BCUT2D eigenvalue weighted by Crippen LogP contribution is 2.50. The molecule has 4 aromatic rings. The quantitative estimate of drug-likeness (QED) is 0.482. The summed E-state index contributed by atoms with van der Waals surface area (Å²) in [4.78, 5) is 8.52. The lowest BCUT2D eigenvalue weighted by Crippen LogP contribution is -2.32. The van der Waals surface area contributed by atoms with E-state index in [9.17, 15) is 4.39 Å². The molecule has 2 unspecified atom stereocenters. The highest BCUT2D eigenvalue weighted by Gasteiger charge is 2.41. The molecule has 0 spiro atoms. The minimum absolute atomic E-state index is 0.298. The van der Waals surface area contributed by atoms with Gasteiger partial charge in [0.05, 0.1) is 5.70 Å². The number of benzene rings is 2. The van der Waals surface area contributed by atoms with Crippen LogP contribution < -0.4 is 10.1 Å². The van der Waals surface area contributed by atoms with Crippen molar-refractivity contribution in [2.45, 2.75) is 12.1 Å². The van der Waals surface area contributed by atoms with Crippen LogP contribution in [-0.4, -0.2) is 19.7 Å². The standard InChI is InChI=1S/C23H15ClFN5O/c24-15-3-6-18-17(11-15)20-19(22(31-18)14-7-9-26-10-8-14)21(13-1-4-16(25)5-2-13)30-23(29-20)27-12-28-30/h1-12,21-22H,(H,27,28,29). The monoisotopic (exact) mass is 431 g/mol. The third kappa shape index (κ3) is 2.89. The van der Waals surface area contributed by atoms with E-state index in [2.05, 4.69) is 20.4 Å². The Morgan fingerprint density at radius 1 is 1.00 bits per heavy atom. The first kappa shape index (κ1) is 18.1. The first-order chi connectivity index (χ1) is 15.2. The first-order valence-corrected chi connectivity index (χ1v) is 10.1. The largest absolute Gasteiger partial charge is 0.480 e. The van der Waals surface area contributed by atoms with Gasteiger partial charge in [0.1, 0.15) is 30.0 Å². The van der Waals surface area contributed by atoms with Gasteiger partial charge in [0.2, 0.25) is 5.95 Å². The van der Waals surface area contributed by atoms with Gasteiger partial charge < -0.3 is 10.1 Å². The Hall–Kier alpha value is -3.71. The van der Waals surface area contributed by atoms with Gasteiger partial charge in [-0.05, 0) is 53.6 Å². The maximum Gasteiger partial charge on any atom is 0.226 e. The predicted molar refractivity (Wildman–Crippen MR) is 114 cm³/mol. The van der Waals surface area contributed by atoms with Gasteiger partial charge in [-0.3, -0.25) is 4.98 Å². The number of rotatable bonds is 2. The average Bonchev–Trinajstić information content (AvgIpc) is 3.27. The molecular weight excluding hydrogens is 417 g/mol. The minimum Gasteiger partial charge on any atom is -0.480 e. The molecule has 2 aliphatic heterocycles. The smallest absolute Gasteiger partial charge is 0.226 e. The van der Waals surface area contributed by atoms with Crippen LogP contribution in [0.25, 0.3) is 5.70 Å². The molecule has 2 aliphatic rings. The molecule has 31 heavy (non-hydrogen) atoms. The van der Waals surface area contributed by atoms with Crippen molar-refractivity contribution in [1.82, 2.24) is 19.7 Å². The zero-order valence-electron chi connectivity index (χ0n) is 16.0. The van der Waals surface area contributed by atoms with Gasteiger partial charge >= 0.3 is 0 Å². The van der Waals surface area contributed by atoms with Gasteiger partial charge in [-0.25, -0.2) is 9.07 Å². The molecule has 0 fully saturated rings. The van der Waals surface area contributed by atoms with Gasteiger partial charge in [-0.1, -0.05) is 23.7 Å². The Balaban J connectivity index is 1.64. The van der Waals surface area contributed by atoms with E-state index in [1.807, 2.05) is 24.3 Å². The fourth-order valence-electron chi connectivity index (χ4n) is 4.22. The Labute approximate surface area is 182 Å². The van der Waals surface area contributed by atoms with E-state index in [-0.39, 0.29) is 11.9 Å². The van der Waals surface area contributed by atoms with Gasteiger partial charge in [-0.2, -0.15) is 10.1 Å². The number of pyridine rings is 1. The molecule has 2 atom stereocenters. The highest BCUT2D eigenvalue weighted by atomic mass is 35.5. The van der Waals surface area contributed by atoms with E-state index < -0.39 is 6.10 Å². The molecule has 0 amide bonds. The number of hydrogen-bond acceptors (Lipinski definition) is 5. The molecule has 0 radical (unpaired) electrons. The number of fused-ring (bicyclic) bond motifs is 3. The molecule has 2 aromatic heterocycles.